The van der Waals surface area contributed by atoms with E-state index in [2.05, 4.69) is 15.4 Å². The number of hydrogen-bond acceptors (Lipinski definition) is 3. The van der Waals surface area contributed by atoms with Crippen LogP contribution in [-0.2, 0) is 0 Å². The molecule has 0 amide bonds. The van der Waals surface area contributed by atoms with Crippen molar-refractivity contribution in [2.75, 3.05) is 5.32 Å². The van der Waals surface area contributed by atoms with Crippen LogP contribution in [0.3, 0.4) is 0 Å². The second-order valence-electron chi connectivity index (χ2n) is 3.89. The Bertz CT molecular complexity index is 491. The Morgan fingerprint density at radius 1 is 1.38 bits per heavy atom. The van der Waals surface area contributed by atoms with Crippen molar-refractivity contribution in [1.29, 1.82) is 0 Å². The summed E-state index contributed by atoms with van der Waals surface area (Å²) in [5.41, 5.74) is 1.88. The standard InChI is InChI=1S/C11H11ClN4/c12-9-2-1-3-10(15-8-4-5-8)11(9)16-7-13-6-14-16/h1-3,6-8,15H,4-5H2. The first-order valence-corrected chi connectivity index (χ1v) is 5.62. The van der Waals surface area contributed by atoms with Crippen molar-refractivity contribution < 1.29 is 0 Å². The normalized spacial score (nSPS) is 15.1. The van der Waals surface area contributed by atoms with Gasteiger partial charge in [-0.25, -0.2) is 9.67 Å². The summed E-state index contributed by atoms with van der Waals surface area (Å²) < 4.78 is 1.69. The molecule has 0 aliphatic heterocycles. The third kappa shape index (κ3) is 1.76. The lowest BCUT2D eigenvalue weighted by Crippen LogP contribution is -2.06. The van der Waals surface area contributed by atoms with Crippen molar-refractivity contribution in [3.63, 3.8) is 0 Å². The van der Waals surface area contributed by atoms with Crippen LogP contribution in [0, 0.1) is 0 Å². The Balaban J connectivity index is 2.05. The Morgan fingerprint density at radius 3 is 2.94 bits per heavy atom. The Kier molecular flexibility index (Phi) is 2.29. The monoisotopic (exact) mass is 234 g/mol. The minimum absolute atomic E-state index is 0.584. The molecule has 0 radical (unpaired) electrons. The van der Waals surface area contributed by atoms with E-state index >= 15 is 0 Å². The smallest absolute Gasteiger partial charge is 0.138 e. The number of aromatic nitrogens is 3. The molecule has 0 saturated heterocycles. The molecule has 1 aliphatic carbocycles. The van der Waals surface area contributed by atoms with Gasteiger partial charge in [-0.3, -0.25) is 0 Å². The summed E-state index contributed by atoms with van der Waals surface area (Å²) in [6, 6.07) is 6.39. The van der Waals surface area contributed by atoms with Crippen LogP contribution in [0.1, 0.15) is 12.8 Å². The zero-order chi connectivity index (χ0) is 11.0. The molecule has 4 nitrogen and oxygen atoms in total. The predicted molar refractivity (Wildman–Crippen MR) is 63.0 cm³/mol. The van der Waals surface area contributed by atoms with E-state index in [9.17, 15) is 0 Å². The number of para-hydroxylation sites is 1. The van der Waals surface area contributed by atoms with Gasteiger partial charge in [0.2, 0.25) is 0 Å². The molecule has 16 heavy (non-hydrogen) atoms. The van der Waals surface area contributed by atoms with Gasteiger partial charge in [0, 0.05) is 6.04 Å². The van der Waals surface area contributed by atoms with Crippen molar-refractivity contribution >= 4 is 17.3 Å². The lowest BCUT2D eigenvalue weighted by molar-refractivity contribution is 0.878. The summed E-state index contributed by atoms with van der Waals surface area (Å²) in [7, 11) is 0. The van der Waals surface area contributed by atoms with Crippen molar-refractivity contribution in [1.82, 2.24) is 14.8 Å². The molecule has 0 spiro atoms. The topological polar surface area (TPSA) is 42.7 Å². The van der Waals surface area contributed by atoms with Crippen LogP contribution in [0.15, 0.2) is 30.9 Å². The minimum Gasteiger partial charge on any atom is -0.381 e. The molecule has 1 fully saturated rings. The summed E-state index contributed by atoms with van der Waals surface area (Å²) in [4.78, 5) is 3.94. The fourth-order valence-electron chi connectivity index (χ4n) is 1.64. The summed E-state index contributed by atoms with van der Waals surface area (Å²) in [6.45, 7) is 0. The van der Waals surface area contributed by atoms with E-state index in [1.165, 1.54) is 19.2 Å². The molecular weight excluding hydrogens is 224 g/mol. The SMILES string of the molecule is Clc1cccc(NC2CC2)c1-n1cncn1. The highest BCUT2D eigenvalue weighted by atomic mass is 35.5. The van der Waals surface area contributed by atoms with E-state index in [0.29, 0.717) is 11.1 Å². The Morgan fingerprint density at radius 2 is 2.25 bits per heavy atom. The average Bonchev–Trinajstić information content (AvgIpc) is 2.93. The molecule has 5 heteroatoms. The highest BCUT2D eigenvalue weighted by molar-refractivity contribution is 6.33. The summed E-state index contributed by atoms with van der Waals surface area (Å²) >= 11 is 6.20. The van der Waals surface area contributed by atoms with E-state index in [4.69, 9.17) is 11.6 Å². The van der Waals surface area contributed by atoms with Crippen molar-refractivity contribution in [2.45, 2.75) is 18.9 Å². The average molecular weight is 235 g/mol. The van der Waals surface area contributed by atoms with Gasteiger partial charge in [-0.05, 0) is 25.0 Å². The number of anilines is 1. The van der Waals surface area contributed by atoms with Gasteiger partial charge in [-0.1, -0.05) is 17.7 Å². The number of benzene rings is 1. The molecule has 1 aromatic heterocycles. The van der Waals surface area contributed by atoms with Gasteiger partial charge in [-0.15, -0.1) is 0 Å². The second-order valence-corrected chi connectivity index (χ2v) is 4.30. The molecular formula is C11H11ClN4. The van der Waals surface area contributed by atoms with Gasteiger partial charge in [-0.2, -0.15) is 5.10 Å². The van der Waals surface area contributed by atoms with Crippen LogP contribution in [0.5, 0.6) is 0 Å². The van der Waals surface area contributed by atoms with E-state index in [1.54, 1.807) is 11.0 Å². The second kappa shape index (κ2) is 3.79. The van der Waals surface area contributed by atoms with Crippen LogP contribution >= 0.6 is 11.6 Å². The first-order valence-electron chi connectivity index (χ1n) is 5.24. The molecule has 1 saturated carbocycles. The third-order valence-electron chi connectivity index (χ3n) is 2.57. The number of halogens is 1. The zero-order valence-electron chi connectivity index (χ0n) is 8.60. The van der Waals surface area contributed by atoms with Crippen molar-refractivity contribution in [3.05, 3.63) is 35.9 Å². The van der Waals surface area contributed by atoms with Crippen LogP contribution in [0.4, 0.5) is 5.69 Å². The van der Waals surface area contributed by atoms with Crippen LogP contribution < -0.4 is 5.32 Å². The fraction of sp³-hybridized carbons (Fsp3) is 0.273. The van der Waals surface area contributed by atoms with Gasteiger partial charge in [0.1, 0.15) is 18.3 Å². The highest BCUT2D eigenvalue weighted by Crippen LogP contribution is 2.32. The highest BCUT2D eigenvalue weighted by Gasteiger charge is 2.22. The summed E-state index contributed by atoms with van der Waals surface area (Å²) in [6.07, 6.45) is 5.61. The van der Waals surface area contributed by atoms with Gasteiger partial charge in [0.25, 0.3) is 0 Å². The lowest BCUT2D eigenvalue weighted by Gasteiger charge is -2.12. The molecule has 0 unspecified atom stereocenters. The molecule has 0 bridgehead atoms. The molecule has 1 heterocycles. The Labute approximate surface area is 98.3 Å². The third-order valence-corrected chi connectivity index (χ3v) is 2.88. The first kappa shape index (κ1) is 9.66. The number of hydrogen-bond donors (Lipinski definition) is 1. The number of nitrogens with zero attached hydrogens (tertiary/aromatic N) is 3. The zero-order valence-corrected chi connectivity index (χ0v) is 9.35. The molecule has 1 aliphatic rings. The van der Waals surface area contributed by atoms with Gasteiger partial charge >= 0.3 is 0 Å². The van der Waals surface area contributed by atoms with E-state index < -0.39 is 0 Å². The maximum atomic E-state index is 6.20. The maximum Gasteiger partial charge on any atom is 0.138 e. The van der Waals surface area contributed by atoms with E-state index in [-0.39, 0.29) is 0 Å². The Hall–Kier alpha value is -1.55. The van der Waals surface area contributed by atoms with Crippen LogP contribution in [0.2, 0.25) is 5.02 Å². The van der Waals surface area contributed by atoms with Crippen molar-refractivity contribution in [3.8, 4) is 5.69 Å². The fourth-order valence-corrected chi connectivity index (χ4v) is 1.90. The molecule has 82 valence electrons. The molecule has 3 rings (SSSR count). The molecule has 1 N–H and O–H groups in total. The molecule has 2 aromatic rings. The predicted octanol–water partition coefficient (Wildman–Crippen LogP) is 2.50. The molecule has 1 aromatic carbocycles. The number of nitrogens with one attached hydrogen (secondary N) is 1. The van der Waals surface area contributed by atoms with Crippen molar-refractivity contribution in [2.24, 2.45) is 0 Å². The quantitative estimate of drug-likeness (QED) is 0.887. The molecule has 0 atom stereocenters. The number of rotatable bonds is 3. The first-order chi connectivity index (χ1) is 7.84. The summed E-state index contributed by atoms with van der Waals surface area (Å²) in [5, 5.41) is 8.23. The van der Waals surface area contributed by atoms with E-state index in [0.717, 1.165) is 11.4 Å². The maximum absolute atomic E-state index is 6.20. The summed E-state index contributed by atoms with van der Waals surface area (Å²) in [5.74, 6) is 0. The van der Waals surface area contributed by atoms with Gasteiger partial charge < -0.3 is 5.32 Å². The van der Waals surface area contributed by atoms with Crippen LogP contribution in [0.25, 0.3) is 5.69 Å². The minimum atomic E-state index is 0.584. The van der Waals surface area contributed by atoms with Gasteiger partial charge in [0.15, 0.2) is 0 Å². The van der Waals surface area contributed by atoms with Crippen LogP contribution in [-0.4, -0.2) is 20.8 Å². The largest absolute Gasteiger partial charge is 0.381 e. The lowest BCUT2D eigenvalue weighted by atomic mass is 10.2. The van der Waals surface area contributed by atoms with E-state index in [1.807, 2.05) is 18.2 Å². The van der Waals surface area contributed by atoms with Gasteiger partial charge in [0.05, 0.1) is 10.7 Å².